The summed E-state index contributed by atoms with van der Waals surface area (Å²) in [4.78, 5) is 22.9. The lowest BCUT2D eigenvalue weighted by Crippen LogP contribution is -2.31. The molecular weight excluding hydrogens is 330 g/mol. The van der Waals surface area contributed by atoms with Crippen LogP contribution in [0.3, 0.4) is 0 Å². The highest BCUT2D eigenvalue weighted by Crippen LogP contribution is 2.25. The van der Waals surface area contributed by atoms with Crippen LogP contribution in [0.15, 0.2) is 59.1 Å². The zero-order valence-electron chi connectivity index (χ0n) is 14.3. The molecule has 0 fully saturated rings. The molecule has 26 heavy (non-hydrogen) atoms. The topological polar surface area (TPSA) is 68.5 Å². The number of hydrogen-bond donors (Lipinski definition) is 0. The molecule has 0 bridgehead atoms. The fraction of sp³-hybridized carbons (Fsp3) is 0.250. The number of aryl methyl sites for hydroxylation is 1. The number of oxazole rings is 1. The van der Waals surface area contributed by atoms with Crippen molar-refractivity contribution in [2.45, 2.75) is 26.0 Å². The van der Waals surface area contributed by atoms with Crippen molar-refractivity contribution in [2.75, 3.05) is 6.54 Å². The molecule has 0 saturated carbocycles. The molecule has 3 heterocycles. The van der Waals surface area contributed by atoms with E-state index in [4.69, 9.17) is 9.15 Å². The predicted molar refractivity (Wildman–Crippen MR) is 95.1 cm³/mol. The molecule has 132 valence electrons. The molecule has 2 aromatic heterocycles. The first kappa shape index (κ1) is 16.3. The fourth-order valence-electron chi connectivity index (χ4n) is 2.96. The summed E-state index contributed by atoms with van der Waals surface area (Å²) in [6.45, 7) is 1.25. The van der Waals surface area contributed by atoms with E-state index < -0.39 is 0 Å². The average molecular weight is 349 g/mol. The van der Waals surface area contributed by atoms with E-state index in [1.54, 1.807) is 11.1 Å². The number of pyridine rings is 1. The Morgan fingerprint density at radius 3 is 2.81 bits per heavy atom. The second kappa shape index (κ2) is 7.39. The van der Waals surface area contributed by atoms with Crippen molar-refractivity contribution in [3.8, 4) is 11.6 Å². The van der Waals surface area contributed by atoms with Crippen LogP contribution in [-0.2, 0) is 24.3 Å². The summed E-state index contributed by atoms with van der Waals surface area (Å²) in [6.07, 6.45) is 2.96. The summed E-state index contributed by atoms with van der Waals surface area (Å²) < 4.78 is 11.3. The molecular formula is C20H19N3O3. The molecule has 1 amide bonds. The van der Waals surface area contributed by atoms with Gasteiger partial charge in [-0.3, -0.25) is 4.98 Å². The van der Waals surface area contributed by atoms with Crippen LogP contribution in [0.5, 0.6) is 0 Å². The lowest BCUT2D eigenvalue weighted by molar-refractivity contribution is 0.0920. The van der Waals surface area contributed by atoms with Gasteiger partial charge in [-0.05, 0) is 30.5 Å². The van der Waals surface area contributed by atoms with E-state index in [1.807, 2.05) is 48.5 Å². The number of carbonyl (C=O) groups is 1. The van der Waals surface area contributed by atoms with Crippen molar-refractivity contribution in [2.24, 2.45) is 0 Å². The summed E-state index contributed by atoms with van der Waals surface area (Å²) in [5.41, 5.74) is 2.55. The normalized spacial score (nSPS) is 13.8. The maximum absolute atomic E-state index is 12.4. The lowest BCUT2D eigenvalue weighted by Gasteiger charge is -2.19. The highest BCUT2D eigenvalue weighted by atomic mass is 16.6. The van der Waals surface area contributed by atoms with E-state index in [1.165, 1.54) is 0 Å². The third-order valence-electron chi connectivity index (χ3n) is 4.30. The molecule has 0 aliphatic carbocycles. The monoisotopic (exact) mass is 349 g/mol. The standard InChI is InChI=1S/C20H19N3O3/c24-20(25-14-15-7-2-1-3-8-15)23-12-6-10-16-18(13-23)26-19(22-16)17-9-4-5-11-21-17/h1-5,7-9,11H,6,10,12-14H2. The molecule has 0 spiro atoms. The first-order valence-corrected chi connectivity index (χ1v) is 8.65. The molecule has 0 N–H and O–H groups in total. The molecule has 0 unspecified atom stereocenters. The maximum Gasteiger partial charge on any atom is 0.410 e. The fourth-order valence-corrected chi connectivity index (χ4v) is 2.96. The van der Waals surface area contributed by atoms with Gasteiger partial charge in [0.05, 0.1) is 12.2 Å². The minimum atomic E-state index is -0.336. The van der Waals surface area contributed by atoms with Crippen LogP contribution in [0, 0.1) is 0 Å². The van der Waals surface area contributed by atoms with Gasteiger partial charge in [-0.25, -0.2) is 9.78 Å². The van der Waals surface area contributed by atoms with Crippen LogP contribution in [0.2, 0.25) is 0 Å². The smallest absolute Gasteiger partial charge is 0.410 e. The first-order valence-electron chi connectivity index (χ1n) is 8.65. The molecule has 0 atom stereocenters. The molecule has 1 aliphatic rings. The maximum atomic E-state index is 12.4. The Morgan fingerprint density at radius 1 is 1.15 bits per heavy atom. The highest BCUT2D eigenvalue weighted by molar-refractivity contribution is 5.67. The van der Waals surface area contributed by atoms with Crippen molar-refractivity contribution in [3.63, 3.8) is 0 Å². The molecule has 6 nitrogen and oxygen atoms in total. The molecule has 0 saturated heterocycles. The zero-order chi connectivity index (χ0) is 17.8. The summed E-state index contributed by atoms with van der Waals surface area (Å²) >= 11 is 0. The van der Waals surface area contributed by atoms with Gasteiger partial charge in [-0.2, -0.15) is 0 Å². The van der Waals surface area contributed by atoms with Crippen LogP contribution < -0.4 is 0 Å². The quantitative estimate of drug-likeness (QED) is 0.719. The SMILES string of the molecule is O=C(OCc1ccccc1)N1CCCc2nc(-c3ccccn3)oc2C1. The van der Waals surface area contributed by atoms with Gasteiger partial charge in [-0.15, -0.1) is 0 Å². The average Bonchev–Trinajstić information content (AvgIpc) is 2.99. The predicted octanol–water partition coefficient (Wildman–Crippen LogP) is 3.82. The Hall–Kier alpha value is -3.15. The summed E-state index contributed by atoms with van der Waals surface area (Å²) in [5.74, 6) is 1.20. The van der Waals surface area contributed by atoms with E-state index >= 15 is 0 Å². The Labute approximate surface area is 151 Å². The number of fused-ring (bicyclic) bond motifs is 1. The summed E-state index contributed by atoms with van der Waals surface area (Å²) in [6, 6.07) is 15.3. The van der Waals surface area contributed by atoms with Gasteiger partial charge in [0.25, 0.3) is 0 Å². The minimum Gasteiger partial charge on any atom is -0.445 e. The molecule has 6 heteroatoms. The minimum absolute atomic E-state index is 0.263. The number of nitrogens with zero attached hydrogens (tertiary/aromatic N) is 3. The van der Waals surface area contributed by atoms with Crippen LogP contribution in [0.25, 0.3) is 11.6 Å². The number of carbonyl (C=O) groups excluding carboxylic acids is 1. The molecule has 3 aromatic rings. The van der Waals surface area contributed by atoms with Gasteiger partial charge in [0.2, 0.25) is 5.89 Å². The van der Waals surface area contributed by atoms with Gasteiger partial charge in [-0.1, -0.05) is 36.4 Å². The largest absolute Gasteiger partial charge is 0.445 e. The third-order valence-corrected chi connectivity index (χ3v) is 4.30. The Kier molecular flexibility index (Phi) is 4.64. The van der Waals surface area contributed by atoms with Crippen LogP contribution in [0.1, 0.15) is 23.4 Å². The first-order chi connectivity index (χ1) is 12.8. The van der Waals surface area contributed by atoms with Crippen molar-refractivity contribution in [1.29, 1.82) is 0 Å². The number of hydrogen-bond acceptors (Lipinski definition) is 5. The number of aromatic nitrogens is 2. The summed E-state index contributed by atoms with van der Waals surface area (Å²) in [7, 11) is 0. The second-order valence-corrected chi connectivity index (χ2v) is 6.17. The van der Waals surface area contributed by atoms with Gasteiger partial charge in [0.15, 0.2) is 0 Å². The van der Waals surface area contributed by atoms with Crippen molar-refractivity contribution in [1.82, 2.24) is 14.9 Å². The van der Waals surface area contributed by atoms with E-state index in [-0.39, 0.29) is 12.7 Å². The van der Waals surface area contributed by atoms with Gasteiger partial charge in [0.1, 0.15) is 18.1 Å². The molecule has 1 aliphatic heterocycles. The Bertz CT molecular complexity index is 878. The van der Waals surface area contributed by atoms with Gasteiger partial charge in [0, 0.05) is 12.7 Å². The van der Waals surface area contributed by atoms with Crippen molar-refractivity contribution >= 4 is 6.09 Å². The number of ether oxygens (including phenoxy) is 1. The molecule has 0 radical (unpaired) electrons. The number of rotatable bonds is 3. The third kappa shape index (κ3) is 3.59. The van der Waals surface area contributed by atoms with Crippen molar-refractivity contribution < 1.29 is 13.9 Å². The second-order valence-electron chi connectivity index (χ2n) is 6.17. The van der Waals surface area contributed by atoms with Gasteiger partial charge < -0.3 is 14.1 Å². The Morgan fingerprint density at radius 2 is 2.00 bits per heavy atom. The number of benzene rings is 1. The van der Waals surface area contributed by atoms with E-state index in [0.717, 1.165) is 24.1 Å². The van der Waals surface area contributed by atoms with E-state index in [2.05, 4.69) is 9.97 Å². The zero-order valence-corrected chi connectivity index (χ0v) is 14.3. The molecule has 4 rings (SSSR count). The van der Waals surface area contributed by atoms with Crippen LogP contribution >= 0.6 is 0 Å². The molecule has 1 aromatic carbocycles. The highest BCUT2D eigenvalue weighted by Gasteiger charge is 2.25. The van der Waals surface area contributed by atoms with Crippen molar-refractivity contribution in [3.05, 3.63) is 71.7 Å². The Balaban J connectivity index is 1.45. The lowest BCUT2D eigenvalue weighted by atomic mass is 10.2. The van der Waals surface area contributed by atoms with Crippen LogP contribution in [-0.4, -0.2) is 27.5 Å². The van der Waals surface area contributed by atoms with E-state index in [0.29, 0.717) is 30.4 Å². The van der Waals surface area contributed by atoms with Gasteiger partial charge >= 0.3 is 6.09 Å². The summed E-state index contributed by atoms with van der Waals surface area (Å²) in [5, 5.41) is 0. The van der Waals surface area contributed by atoms with Crippen LogP contribution in [0.4, 0.5) is 4.79 Å². The van der Waals surface area contributed by atoms with E-state index in [9.17, 15) is 4.79 Å². The number of amides is 1.